The first-order chi connectivity index (χ1) is 14.4. The minimum Gasteiger partial charge on any atom is -0.351 e. The van der Waals surface area contributed by atoms with E-state index in [1.54, 1.807) is 6.07 Å². The molecule has 1 atom stereocenters. The highest BCUT2D eigenvalue weighted by Crippen LogP contribution is 2.53. The lowest BCUT2D eigenvalue weighted by Crippen LogP contribution is -2.58. The Morgan fingerprint density at radius 2 is 1.80 bits per heavy atom. The maximum Gasteiger partial charge on any atom is 0.243 e. The molecule has 5 aliphatic rings. The van der Waals surface area contributed by atoms with Gasteiger partial charge in [0.05, 0.1) is 10.5 Å². The molecule has 1 amide bonds. The van der Waals surface area contributed by atoms with Crippen molar-refractivity contribution in [3.8, 4) is 6.07 Å². The van der Waals surface area contributed by atoms with Gasteiger partial charge in [-0.3, -0.25) is 4.79 Å². The number of carbonyl (C=O) groups is 1. The minimum atomic E-state index is -3.99. The second-order valence-electron chi connectivity index (χ2n) is 9.49. The first-order valence-corrected chi connectivity index (χ1v) is 12.3. The summed E-state index contributed by atoms with van der Waals surface area (Å²) in [6.07, 6.45) is 7.13. The van der Waals surface area contributed by atoms with Crippen molar-refractivity contribution < 1.29 is 17.6 Å². The fraction of sp³-hybridized carbons (Fsp3) is 0.636. The Balaban J connectivity index is 1.35. The van der Waals surface area contributed by atoms with Crippen LogP contribution in [0.2, 0.25) is 0 Å². The van der Waals surface area contributed by atoms with Gasteiger partial charge in [-0.15, -0.1) is 0 Å². The number of sulfonamides is 1. The molecule has 8 heteroatoms. The quantitative estimate of drug-likeness (QED) is 0.794. The van der Waals surface area contributed by atoms with Crippen molar-refractivity contribution >= 4 is 15.9 Å². The Bertz CT molecular complexity index is 991. The molecule has 5 fully saturated rings. The molecule has 1 heterocycles. The highest BCUT2D eigenvalue weighted by molar-refractivity contribution is 7.89. The van der Waals surface area contributed by atoms with Gasteiger partial charge in [0.2, 0.25) is 15.9 Å². The van der Waals surface area contributed by atoms with Gasteiger partial charge in [0, 0.05) is 12.6 Å². The van der Waals surface area contributed by atoms with E-state index in [0.717, 1.165) is 30.0 Å². The molecule has 1 aromatic carbocycles. The average Bonchev–Trinajstić information content (AvgIpc) is 3.21. The normalized spacial score (nSPS) is 35.3. The van der Waals surface area contributed by atoms with Crippen LogP contribution in [0.1, 0.15) is 50.5 Å². The third-order valence-electron chi connectivity index (χ3n) is 7.71. The fourth-order valence-electron chi connectivity index (χ4n) is 6.60. The van der Waals surface area contributed by atoms with Crippen LogP contribution < -0.4 is 5.32 Å². The molecular weight excluding hydrogens is 405 g/mol. The van der Waals surface area contributed by atoms with Crippen molar-refractivity contribution in [2.24, 2.45) is 23.7 Å². The molecule has 1 aliphatic heterocycles. The number of nitrogens with one attached hydrogen (secondary N) is 1. The van der Waals surface area contributed by atoms with Crippen molar-refractivity contribution in [1.82, 2.24) is 9.62 Å². The Morgan fingerprint density at radius 1 is 1.13 bits per heavy atom. The predicted molar refractivity (Wildman–Crippen MR) is 107 cm³/mol. The van der Waals surface area contributed by atoms with Gasteiger partial charge in [0.25, 0.3) is 0 Å². The van der Waals surface area contributed by atoms with Crippen LogP contribution in [0, 0.1) is 40.8 Å². The van der Waals surface area contributed by atoms with Crippen molar-refractivity contribution in [2.45, 2.75) is 61.9 Å². The fourth-order valence-corrected chi connectivity index (χ4v) is 8.28. The Morgan fingerprint density at radius 3 is 2.43 bits per heavy atom. The van der Waals surface area contributed by atoms with E-state index < -0.39 is 21.9 Å². The van der Waals surface area contributed by atoms with Crippen LogP contribution in [-0.4, -0.2) is 37.3 Å². The first kappa shape index (κ1) is 20.0. The number of nitriles is 1. The number of halogens is 1. The standard InChI is InChI=1S/C22H26FN3O3S/c23-19-4-3-18(11-17(19)12-24)30(28,29)26-5-1-2-20(26)22(27)25-21-15-7-13-6-14(9-15)10-16(21)8-13/h3-4,11,13-16,20-21H,1-2,5-10H2,(H,25,27)/t13?,14?,15?,16?,20-,21?/m0/s1. The van der Waals surface area contributed by atoms with Crippen LogP contribution in [0.15, 0.2) is 23.1 Å². The van der Waals surface area contributed by atoms with Crippen molar-refractivity contribution in [1.29, 1.82) is 5.26 Å². The molecule has 0 radical (unpaired) electrons. The second-order valence-corrected chi connectivity index (χ2v) is 11.4. The molecule has 0 spiro atoms. The maximum absolute atomic E-state index is 13.6. The van der Waals surface area contributed by atoms with E-state index in [0.29, 0.717) is 24.7 Å². The summed E-state index contributed by atoms with van der Waals surface area (Å²) in [5.74, 6) is 1.68. The molecule has 30 heavy (non-hydrogen) atoms. The van der Waals surface area contributed by atoms with Gasteiger partial charge in [-0.25, -0.2) is 12.8 Å². The lowest BCUT2D eigenvalue weighted by atomic mass is 9.54. The monoisotopic (exact) mass is 431 g/mol. The molecule has 160 valence electrons. The average molecular weight is 432 g/mol. The number of hydrogen-bond donors (Lipinski definition) is 1. The molecule has 1 aromatic rings. The first-order valence-electron chi connectivity index (χ1n) is 10.9. The molecule has 4 aliphatic carbocycles. The van der Waals surface area contributed by atoms with Crippen LogP contribution in [0.25, 0.3) is 0 Å². The third-order valence-corrected chi connectivity index (χ3v) is 9.61. The van der Waals surface area contributed by atoms with Gasteiger partial charge >= 0.3 is 0 Å². The minimum absolute atomic E-state index is 0.144. The van der Waals surface area contributed by atoms with Crippen molar-refractivity contribution in [2.75, 3.05) is 6.54 Å². The molecule has 1 N–H and O–H groups in total. The summed E-state index contributed by atoms with van der Waals surface area (Å²) in [5, 5.41) is 12.3. The Hall–Kier alpha value is -1.98. The van der Waals surface area contributed by atoms with Gasteiger partial charge in [-0.2, -0.15) is 9.57 Å². The Labute approximate surface area is 176 Å². The summed E-state index contributed by atoms with van der Waals surface area (Å²) in [5.41, 5.74) is -0.315. The number of benzene rings is 1. The van der Waals surface area contributed by atoms with Crippen LogP contribution in [0.5, 0.6) is 0 Å². The van der Waals surface area contributed by atoms with Gasteiger partial charge < -0.3 is 5.32 Å². The number of carbonyl (C=O) groups excluding carboxylic acids is 1. The molecule has 0 aromatic heterocycles. The van der Waals surface area contributed by atoms with E-state index in [4.69, 9.17) is 5.26 Å². The van der Waals surface area contributed by atoms with E-state index in [9.17, 15) is 17.6 Å². The highest BCUT2D eigenvalue weighted by atomic mass is 32.2. The summed E-state index contributed by atoms with van der Waals surface area (Å²) in [7, 11) is -3.99. The summed E-state index contributed by atoms with van der Waals surface area (Å²) >= 11 is 0. The van der Waals surface area contributed by atoms with E-state index in [1.807, 2.05) is 0 Å². The molecule has 6 rings (SSSR count). The lowest BCUT2D eigenvalue weighted by molar-refractivity contribution is -0.128. The number of hydrogen-bond acceptors (Lipinski definition) is 4. The maximum atomic E-state index is 13.6. The number of amides is 1. The second kappa shape index (κ2) is 7.31. The largest absolute Gasteiger partial charge is 0.351 e. The van der Waals surface area contributed by atoms with Crippen LogP contribution in [-0.2, 0) is 14.8 Å². The van der Waals surface area contributed by atoms with Crippen molar-refractivity contribution in [3.63, 3.8) is 0 Å². The van der Waals surface area contributed by atoms with Crippen LogP contribution in [0.4, 0.5) is 4.39 Å². The van der Waals surface area contributed by atoms with E-state index >= 15 is 0 Å². The molecule has 1 saturated heterocycles. The molecule has 0 unspecified atom stereocenters. The van der Waals surface area contributed by atoms with Crippen molar-refractivity contribution in [3.05, 3.63) is 29.6 Å². The van der Waals surface area contributed by atoms with Gasteiger partial charge in [-0.05, 0) is 86.8 Å². The topological polar surface area (TPSA) is 90.3 Å². The molecule has 4 bridgehead atoms. The van der Waals surface area contributed by atoms with Gasteiger partial charge in [0.1, 0.15) is 17.9 Å². The zero-order valence-electron chi connectivity index (χ0n) is 16.8. The van der Waals surface area contributed by atoms with Gasteiger partial charge in [0.15, 0.2) is 0 Å². The van der Waals surface area contributed by atoms with Crippen LogP contribution in [0.3, 0.4) is 0 Å². The zero-order chi connectivity index (χ0) is 21.0. The molecule has 6 nitrogen and oxygen atoms in total. The summed E-state index contributed by atoms with van der Waals surface area (Å²) in [6, 6.07) is 4.30. The zero-order valence-corrected chi connectivity index (χ0v) is 17.6. The SMILES string of the molecule is N#Cc1cc(S(=O)(=O)N2CCC[C@H]2C(=O)NC2C3CC4CC(C3)CC2C4)ccc1F. The smallest absolute Gasteiger partial charge is 0.243 e. The third kappa shape index (κ3) is 3.23. The summed E-state index contributed by atoms with van der Waals surface area (Å²) in [4.78, 5) is 13.0. The lowest BCUT2D eigenvalue weighted by Gasteiger charge is -2.54. The van der Waals surface area contributed by atoms with E-state index in [-0.39, 0.29) is 29.0 Å². The van der Waals surface area contributed by atoms with E-state index in [2.05, 4.69) is 5.32 Å². The summed E-state index contributed by atoms with van der Waals surface area (Å²) < 4.78 is 41.2. The van der Waals surface area contributed by atoms with E-state index in [1.165, 1.54) is 36.4 Å². The molecule has 4 saturated carbocycles. The summed E-state index contributed by atoms with van der Waals surface area (Å²) in [6.45, 7) is 0.251. The highest BCUT2D eigenvalue weighted by Gasteiger charge is 2.49. The Kier molecular flexibility index (Phi) is 4.86. The van der Waals surface area contributed by atoms with Crippen LogP contribution >= 0.6 is 0 Å². The van der Waals surface area contributed by atoms with Gasteiger partial charge in [-0.1, -0.05) is 0 Å². The molecular formula is C22H26FN3O3S. The predicted octanol–water partition coefficient (Wildman–Crippen LogP) is 2.79. The number of rotatable bonds is 4. The number of nitrogens with zero attached hydrogens (tertiary/aromatic N) is 2.